The molecule has 2 atom stereocenters. The molecular weight excluding hydrogens is 140 g/mol. The molecule has 0 amide bonds. The Balaban J connectivity index is 2.25. The zero-order chi connectivity index (χ0) is 7.90. The molecule has 2 heteroatoms. The second-order valence-electron chi connectivity index (χ2n) is 3.84. The molecule has 1 heterocycles. The lowest BCUT2D eigenvalue weighted by Crippen LogP contribution is -2.28. The second kappa shape index (κ2) is 2.23. The SMILES string of the molecule is C[C@@H]1CCC[C@]12CCOC2=O. The van der Waals surface area contributed by atoms with Crippen LogP contribution >= 0.6 is 0 Å². The summed E-state index contributed by atoms with van der Waals surface area (Å²) in [5.41, 5.74) is -0.0556. The fourth-order valence-electron chi connectivity index (χ4n) is 2.49. The van der Waals surface area contributed by atoms with E-state index < -0.39 is 0 Å². The van der Waals surface area contributed by atoms with Gasteiger partial charge >= 0.3 is 5.97 Å². The summed E-state index contributed by atoms with van der Waals surface area (Å²) < 4.78 is 5.02. The van der Waals surface area contributed by atoms with E-state index in [1.54, 1.807) is 0 Å². The van der Waals surface area contributed by atoms with E-state index in [4.69, 9.17) is 4.74 Å². The number of carbonyl (C=O) groups is 1. The Bertz CT molecular complexity index is 184. The van der Waals surface area contributed by atoms with Gasteiger partial charge in [0.15, 0.2) is 0 Å². The highest BCUT2D eigenvalue weighted by atomic mass is 16.5. The van der Waals surface area contributed by atoms with Crippen molar-refractivity contribution >= 4 is 5.97 Å². The third kappa shape index (κ3) is 0.815. The number of rotatable bonds is 0. The van der Waals surface area contributed by atoms with Gasteiger partial charge in [-0.15, -0.1) is 0 Å². The van der Waals surface area contributed by atoms with Gasteiger partial charge in [-0.25, -0.2) is 0 Å². The van der Waals surface area contributed by atoms with Crippen molar-refractivity contribution in [3.8, 4) is 0 Å². The molecule has 2 aliphatic rings. The van der Waals surface area contributed by atoms with Gasteiger partial charge in [0.05, 0.1) is 12.0 Å². The van der Waals surface area contributed by atoms with Crippen LogP contribution in [0.3, 0.4) is 0 Å². The summed E-state index contributed by atoms with van der Waals surface area (Å²) in [6.07, 6.45) is 4.44. The predicted molar refractivity (Wildman–Crippen MR) is 41.0 cm³/mol. The van der Waals surface area contributed by atoms with Gasteiger partial charge in [0.2, 0.25) is 0 Å². The monoisotopic (exact) mass is 154 g/mol. The minimum Gasteiger partial charge on any atom is -0.465 e. The summed E-state index contributed by atoms with van der Waals surface area (Å²) in [5.74, 6) is 0.625. The fourth-order valence-corrected chi connectivity index (χ4v) is 2.49. The quantitative estimate of drug-likeness (QED) is 0.497. The van der Waals surface area contributed by atoms with E-state index in [1.165, 1.54) is 12.8 Å². The lowest BCUT2D eigenvalue weighted by molar-refractivity contribution is -0.147. The highest BCUT2D eigenvalue weighted by Crippen LogP contribution is 2.49. The summed E-state index contributed by atoms with van der Waals surface area (Å²) >= 11 is 0. The molecule has 62 valence electrons. The van der Waals surface area contributed by atoms with Crippen LogP contribution in [0.5, 0.6) is 0 Å². The van der Waals surface area contributed by atoms with Crippen molar-refractivity contribution in [2.24, 2.45) is 11.3 Å². The number of carbonyl (C=O) groups excluding carboxylic acids is 1. The van der Waals surface area contributed by atoms with Crippen molar-refractivity contribution < 1.29 is 9.53 Å². The molecule has 0 N–H and O–H groups in total. The maximum Gasteiger partial charge on any atom is 0.312 e. The maximum absolute atomic E-state index is 11.4. The molecule has 0 aromatic heterocycles. The number of cyclic esters (lactones) is 1. The average molecular weight is 154 g/mol. The third-order valence-electron chi connectivity index (χ3n) is 3.39. The predicted octanol–water partition coefficient (Wildman–Crippen LogP) is 1.74. The zero-order valence-electron chi connectivity index (χ0n) is 6.93. The number of hydrogen-bond acceptors (Lipinski definition) is 2. The van der Waals surface area contributed by atoms with Crippen LogP contribution in [0, 0.1) is 11.3 Å². The molecule has 0 unspecified atom stereocenters. The van der Waals surface area contributed by atoms with Gasteiger partial charge in [-0.2, -0.15) is 0 Å². The van der Waals surface area contributed by atoms with Crippen molar-refractivity contribution in [1.82, 2.24) is 0 Å². The Morgan fingerprint density at radius 3 is 2.82 bits per heavy atom. The van der Waals surface area contributed by atoms with Gasteiger partial charge in [-0.1, -0.05) is 13.3 Å². The molecule has 0 radical (unpaired) electrons. The first-order valence-corrected chi connectivity index (χ1v) is 4.43. The second-order valence-corrected chi connectivity index (χ2v) is 3.84. The highest BCUT2D eigenvalue weighted by molar-refractivity contribution is 5.79. The van der Waals surface area contributed by atoms with Crippen molar-refractivity contribution in [3.05, 3.63) is 0 Å². The van der Waals surface area contributed by atoms with E-state index in [0.717, 1.165) is 12.8 Å². The molecular formula is C9H14O2. The molecule has 1 saturated carbocycles. The molecule has 0 aromatic rings. The molecule has 0 bridgehead atoms. The molecule has 1 aliphatic carbocycles. The standard InChI is InChI=1S/C9H14O2/c1-7-3-2-4-9(7)5-6-11-8(9)10/h7H,2-6H2,1H3/t7-,9+/m1/s1. The first kappa shape index (κ1) is 7.14. The van der Waals surface area contributed by atoms with Crippen molar-refractivity contribution in [3.63, 3.8) is 0 Å². The smallest absolute Gasteiger partial charge is 0.312 e. The van der Waals surface area contributed by atoms with Crippen LogP contribution in [-0.2, 0) is 9.53 Å². The molecule has 0 aromatic carbocycles. The molecule has 1 aliphatic heterocycles. The summed E-state index contributed by atoms with van der Waals surface area (Å²) in [7, 11) is 0. The Kier molecular flexibility index (Phi) is 1.44. The Hall–Kier alpha value is -0.530. The van der Waals surface area contributed by atoms with Crippen LogP contribution < -0.4 is 0 Å². The average Bonchev–Trinajstić information content (AvgIpc) is 2.48. The first-order chi connectivity index (χ1) is 5.26. The molecule has 1 spiro atoms. The number of esters is 1. The third-order valence-corrected chi connectivity index (χ3v) is 3.39. The van der Waals surface area contributed by atoms with Crippen LogP contribution in [0.2, 0.25) is 0 Å². The van der Waals surface area contributed by atoms with E-state index in [2.05, 4.69) is 6.92 Å². The topological polar surface area (TPSA) is 26.3 Å². The minimum absolute atomic E-state index is 0.0556. The summed E-state index contributed by atoms with van der Waals surface area (Å²) in [5, 5.41) is 0. The van der Waals surface area contributed by atoms with Gasteiger partial charge in [0.1, 0.15) is 0 Å². The summed E-state index contributed by atoms with van der Waals surface area (Å²) in [4.78, 5) is 11.4. The van der Waals surface area contributed by atoms with E-state index in [-0.39, 0.29) is 11.4 Å². The van der Waals surface area contributed by atoms with Gasteiger partial charge in [0.25, 0.3) is 0 Å². The van der Waals surface area contributed by atoms with Crippen molar-refractivity contribution in [2.75, 3.05) is 6.61 Å². The molecule has 2 nitrogen and oxygen atoms in total. The maximum atomic E-state index is 11.4. The normalized spacial score (nSPS) is 43.4. The van der Waals surface area contributed by atoms with Crippen molar-refractivity contribution in [2.45, 2.75) is 32.6 Å². The molecule has 1 saturated heterocycles. The Labute approximate surface area is 66.9 Å². The lowest BCUT2D eigenvalue weighted by atomic mass is 9.78. The minimum atomic E-state index is -0.0556. The van der Waals surface area contributed by atoms with Crippen LogP contribution in [0.4, 0.5) is 0 Å². The van der Waals surface area contributed by atoms with Crippen molar-refractivity contribution in [1.29, 1.82) is 0 Å². The highest BCUT2D eigenvalue weighted by Gasteiger charge is 2.50. The zero-order valence-corrected chi connectivity index (χ0v) is 6.93. The van der Waals surface area contributed by atoms with Gasteiger partial charge in [-0.05, 0) is 25.2 Å². The summed E-state index contributed by atoms with van der Waals surface area (Å²) in [6.45, 7) is 2.84. The fraction of sp³-hybridized carbons (Fsp3) is 0.889. The van der Waals surface area contributed by atoms with E-state index >= 15 is 0 Å². The largest absolute Gasteiger partial charge is 0.465 e. The Morgan fingerprint density at radius 2 is 2.36 bits per heavy atom. The van der Waals surface area contributed by atoms with Gasteiger partial charge in [-0.3, -0.25) is 4.79 Å². The van der Waals surface area contributed by atoms with Crippen LogP contribution in [0.15, 0.2) is 0 Å². The molecule has 2 rings (SSSR count). The lowest BCUT2D eigenvalue weighted by Gasteiger charge is -2.22. The van der Waals surface area contributed by atoms with Crippen LogP contribution in [0.1, 0.15) is 32.6 Å². The number of hydrogen-bond donors (Lipinski definition) is 0. The molecule has 11 heavy (non-hydrogen) atoms. The van der Waals surface area contributed by atoms with E-state index in [1.807, 2.05) is 0 Å². The van der Waals surface area contributed by atoms with Gasteiger partial charge < -0.3 is 4.74 Å². The van der Waals surface area contributed by atoms with Gasteiger partial charge in [0, 0.05) is 0 Å². The summed E-state index contributed by atoms with van der Waals surface area (Å²) in [6, 6.07) is 0. The molecule has 2 fully saturated rings. The van der Waals surface area contributed by atoms with Crippen LogP contribution in [-0.4, -0.2) is 12.6 Å². The first-order valence-electron chi connectivity index (χ1n) is 4.43. The van der Waals surface area contributed by atoms with Crippen LogP contribution in [0.25, 0.3) is 0 Å². The number of ether oxygens (including phenoxy) is 1. The Morgan fingerprint density at radius 1 is 1.55 bits per heavy atom. The van der Waals surface area contributed by atoms with E-state index in [0.29, 0.717) is 12.5 Å². The van der Waals surface area contributed by atoms with E-state index in [9.17, 15) is 4.79 Å².